The molecule has 1 rings (SSSR count). The lowest BCUT2D eigenvalue weighted by molar-refractivity contribution is -0.154. The molecule has 1 N–H and O–H groups in total. The number of amides is 1. The lowest BCUT2D eigenvalue weighted by Gasteiger charge is -2.27. The van der Waals surface area contributed by atoms with Gasteiger partial charge < -0.3 is 10.1 Å². The van der Waals surface area contributed by atoms with Crippen LogP contribution in [0.3, 0.4) is 0 Å². The predicted octanol–water partition coefficient (Wildman–Crippen LogP) is 1.24. The summed E-state index contributed by atoms with van der Waals surface area (Å²) in [5, 5.41) is 2.71. The second-order valence-corrected chi connectivity index (χ2v) is 4.29. The summed E-state index contributed by atoms with van der Waals surface area (Å²) in [6.45, 7) is 5.54. The number of hydrogen-bond donors (Lipinski definition) is 1. The topological polar surface area (TPSA) is 55.4 Å². The molecule has 0 bridgehead atoms. The van der Waals surface area contributed by atoms with Crippen LogP contribution in [0.4, 0.5) is 0 Å². The Morgan fingerprint density at radius 2 is 2.07 bits per heavy atom. The molecule has 86 valence electrons. The number of carbonyl (C=O) groups is 2. The first-order chi connectivity index (χ1) is 7.00. The molecule has 1 aliphatic carbocycles. The van der Waals surface area contributed by atoms with E-state index in [9.17, 15) is 9.59 Å². The quantitative estimate of drug-likeness (QED) is 0.699. The van der Waals surface area contributed by atoms with Crippen LogP contribution in [0, 0.1) is 5.92 Å². The molecule has 0 spiro atoms. The minimum Gasteiger partial charge on any atom is -0.464 e. The maximum Gasteiger partial charge on any atom is 0.331 e. The van der Waals surface area contributed by atoms with E-state index in [1.807, 2.05) is 6.92 Å². The van der Waals surface area contributed by atoms with E-state index in [0.717, 1.165) is 19.3 Å². The van der Waals surface area contributed by atoms with Gasteiger partial charge in [-0.15, -0.1) is 0 Å². The molecule has 1 fully saturated rings. The number of ether oxygens (including phenoxy) is 1. The third-order valence-corrected chi connectivity index (χ3v) is 2.69. The van der Waals surface area contributed by atoms with Crippen LogP contribution < -0.4 is 5.32 Å². The Labute approximate surface area is 90.4 Å². The van der Waals surface area contributed by atoms with Gasteiger partial charge in [-0.2, -0.15) is 0 Å². The molecular weight excluding hydrogens is 194 g/mol. The molecule has 0 aromatic heterocycles. The number of rotatable bonds is 5. The summed E-state index contributed by atoms with van der Waals surface area (Å²) in [6.07, 6.45) is 2.77. The fourth-order valence-corrected chi connectivity index (χ4v) is 1.69. The van der Waals surface area contributed by atoms with Crippen molar-refractivity contribution in [3.8, 4) is 0 Å². The summed E-state index contributed by atoms with van der Waals surface area (Å²) < 4.78 is 5.10. The van der Waals surface area contributed by atoms with Gasteiger partial charge in [-0.3, -0.25) is 4.79 Å². The van der Waals surface area contributed by atoms with Crippen molar-refractivity contribution in [3.63, 3.8) is 0 Å². The van der Waals surface area contributed by atoms with Gasteiger partial charge in [-0.1, -0.05) is 6.92 Å². The molecule has 15 heavy (non-hydrogen) atoms. The zero-order valence-corrected chi connectivity index (χ0v) is 9.63. The second-order valence-electron chi connectivity index (χ2n) is 4.29. The van der Waals surface area contributed by atoms with Gasteiger partial charge >= 0.3 is 5.97 Å². The number of esters is 1. The fraction of sp³-hybridized carbons (Fsp3) is 0.818. The summed E-state index contributed by atoms with van der Waals surface area (Å²) in [5.74, 6) is -0.245. The highest BCUT2D eigenvalue weighted by Gasteiger charge is 2.49. The number of carbonyl (C=O) groups excluding carboxylic acids is 2. The Hall–Kier alpha value is -1.06. The van der Waals surface area contributed by atoms with Gasteiger partial charge in [-0.05, 0) is 32.1 Å². The van der Waals surface area contributed by atoms with Crippen molar-refractivity contribution in [1.29, 1.82) is 0 Å². The van der Waals surface area contributed by atoms with E-state index < -0.39 is 5.54 Å². The summed E-state index contributed by atoms with van der Waals surface area (Å²) in [7, 11) is 0. The maximum atomic E-state index is 11.8. The van der Waals surface area contributed by atoms with Crippen LogP contribution >= 0.6 is 0 Å². The molecule has 1 atom stereocenters. The molecule has 4 heteroatoms. The van der Waals surface area contributed by atoms with E-state index in [1.165, 1.54) is 6.92 Å². The molecule has 0 aliphatic heterocycles. The van der Waals surface area contributed by atoms with Crippen LogP contribution in [0.15, 0.2) is 0 Å². The van der Waals surface area contributed by atoms with E-state index in [4.69, 9.17) is 4.74 Å². The van der Waals surface area contributed by atoms with Crippen LogP contribution in [0.2, 0.25) is 0 Å². The average Bonchev–Trinajstić information content (AvgIpc) is 2.95. The van der Waals surface area contributed by atoms with Crippen LogP contribution in [0.5, 0.6) is 0 Å². The van der Waals surface area contributed by atoms with Crippen molar-refractivity contribution in [2.45, 2.75) is 45.6 Å². The standard InChI is InChI=1S/C11H19NO3/c1-4-7-15-10(14)11(3,9-5-6-9)12-8(2)13/h9H,4-7H2,1-3H3,(H,12,13)/t11-/m0/s1. The Bertz CT molecular complexity index is 261. The molecule has 1 amide bonds. The first-order valence-corrected chi connectivity index (χ1v) is 5.46. The first kappa shape index (κ1) is 12.0. The molecule has 0 aromatic rings. The molecule has 4 nitrogen and oxygen atoms in total. The Kier molecular flexibility index (Phi) is 3.72. The number of nitrogens with one attached hydrogen (secondary N) is 1. The third kappa shape index (κ3) is 2.94. The summed E-state index contributed by atoms with van der Waals surface area (Å²) >= 11 is 0. The largest absolute Gasteiger partial charge is 0.464 e. The zero-order chi connectivity index (χ0) is 11.5. The van der Waals surface area contributed by atoms with Crippen molar-refractivity contribution in [3.05, 3.63) is 0 Å². The lowest BCUT2D eigenvalue weighted by Crippen LogP contribution is -2.54. The Morgan fingerprint density at radius 1 is 1.47 bits per heavy atom. The normalized spacial score (nSPS) is 19.1. The Balaban J connectivity index is 2.62. The molecule has 0 heterocycles. The highest BCUT2D eigenvalue weighted by molar-refractivity contribution is 5.87. The van der Waals surface area contributed by atoms with Gasteiger partial charge in [0.15, 0.2) is 0 Å². The minimum atomic E-state index is -0.818. The van der Waals surface area contributed by atoms with E-state index in [1.54, 1.807) is 6.92 Å². The van der Waals surface area contributed by atoms with Crippen LogP contribution in [-0.2, 0) is 14.3 Å². The van der Waals surface area contributed by atoms with Crippen molar-refractivity contribution < 1.29 is 14.3 Å². The van der Waals surface area contributed by atoms with Gasteiger partial charge in [-0.25, -0.2) is 4.79 Å². The molecule has 1 aliphatic rings. The van der Waals surface area contributed by atoms with Gasteiger partial charge in [0.25, 0.3) is 0 Å². The van der Waals surface area contributed by atoms with E-state index >= 15 is 0 Å². The van der Waals surface area contributed by atoms with Crippen molar-refractivity contribution >= 4 is 11.9 Å². The van der Waals surface area contributed by atoms with Gasteiger partial charge in [0.05, 0.1) is 6.61 Å². The Morgan fingerprint density at radius 3 is 2.47 bits per heavy atom. The molecule has 0 radical (unpaired) electrons. The average molecular weight is 213 g/mol. The summed E-state index contributed by atoms with van der Waals surface area (Å²) in [6, 6.07) is 0. The third-order valence-electron chi connectivity index (χ3n) is 2.69. The van der Waals surface area contributed by atoms with Gasteiger partial charge in [0.2, 0.25) is 5.91 Å². The van der Waals surface area contributed by atoms with Gasteiger partial charge in [0, 0.05) is 6.92 Å². The van der Waals surface area contributed by atoms with Crippen LogP contribution in [0.1, 0.15) is 40.0 Å². The van der Waals surface area contributed by atoms with Crippen molar-refractivity contribution in [2.24, 2.45) is 5.92 Å². The fourth-order valence-electron chi connectivity index (χ4n) is 1.69. The van der Waals surface area contributed by atoms with Crippen LogP contribution in [-0.4, -0.2) is 24.0 Å². The zero-order valence-electron chi connectivity index (χ0n) is 9.63. The van der Waals surface area contributed by atoms with Crippen molar-refractivity contribution in [1.82, 2.24) is 5.32 Å². The SMILES string of the molecule is CCCOC(=O)[C@@](C)(NC(C)=O)C1CC1. The van der Waals surface area contributed by atoms with Crippen LogP contribution in [0.25, 0.3) is 0 Å². The predicted molar refractivity (Wildman–Crippen MR) is 56.2 cm³/mol. The molecule has 1 saturated carbocycles. The summed E-state index contributed by atoms with van der Waals surface area (Å²) in [5.41, 5.74) is -0.818. The minimum absolute atomic E-state index is 0.183. The number of hydrogen-bond acceptors (Lipinski definition) is 3. The van der Waals surface area contributed by atoms with E-state index in [-0.39, 0.29) is 17.8 Å². The highest BCUT2D eigenvalue weighted by Crippen LogP contribution is 2.40. The van der Waals surface area contributed by atoms with Gasteiger partial charge in [0.1, 0.15) is 5.54 Å². The highest BCUT2D eigenvalue weighted by atomic mass is 16.5. The van der Waals surface area contributed by atoms with E-state index in [2.05, 4.69) is 5.32 Å². The molecule has 0 saturated heterocycles. The second kappa shape index (κ2) is 4.64. The molecule has 0 aromatic carbocycles. The maximum absolute atomic E-state index is 11.8. The first-order valence-electron chi connectivity index (χ1n) is 5.46. The summed E-state index contributed by atoms with van der Waals surface area (Å²) in [4.78, 5) is 22.9. The lowest BCUT2D eigenvalue weighted by atomic mass is 9.96. The molecule has 0 unspecified atom stereocenters. The monoisotopic (exact) mass is 213 g/mol. The van der Waals surface area contributed by atoms with E-state index in [0.29, 0.717) is 6.61 Å². The van der Waals surface area contributed by atoms with Crippen molar-refractivity contribution in [2.75, 3.05) is 6.61 Å². The smallest absolute Gasteiger partial charge is 0.331 e. The molecular formula is C11H19NO3.